The van der Waals surface area contributed by atoms with E-state index < -0.39 is 11.9 Å². The molecule has 8 heteroatoms. The van der Waals surface area contributed by atoms with Gasteiger partial charge in [-0.1, -0.05) is 23.2 Å². The number of methoxy groups -OCH3 is 1. The van der Waals surface area contributed by atoms with Gasteiger partial charge in [0.15, 0.2) is 10.3 Å². The van der Waals surface area contributed by atoms with E-state index in [9.17, 15) is 4.79 Å². The molecule has 3 N–H and O–H groups in total. The Hall–Kier alpha value is -0.950. The van der Waals surface area contributed by atoms with Crippen LogP contribution in [-0.4, -0.2) is 35.6 Å². The summed E-state index contributed by atoms with van der Waals surface area (Å²) < 4.78 is 4.82. The van der Waals surface area contributed by atoms with E-state index in [0.717, 1.165) is 0 Å². The number of nitrogens with zero attached hydrogens (tertiary/aromatic N) is 2. The second-order valence-corrected chi connectivity index (χ2v) is 3.92. The molecule has 1 unspecified atom stereocenters. The van der Waals surface area contributed by atoms with Crippen LogP contribution in [0.2, 0.25) is 10.3 Å². The van der Waals surface area contributed by atoms with Gasteiger partial charge in [0.1, 0.15) is 12.0 Å². The number of nitrogens with one attached hydrogen (secondary N) is 1. The Morgan fingerprint density at radius 3 is 2.65 bits per heavy atom. The number of nitrogens with two attached hydrogens (primary N) is 1. The second-order valence-electron chi connectivity index (χ2n) is 3.21. The molecule has 6 nitrogen and oxygen atoms in total. The third-order valence-electron chi connectivity index (χ3n) is 1.97. The number of ether oxygens (including phenoxy) is 1. The average Bonchev–Trinajstić information content (AvgIpc) is 2.30. The number of hydrogen-bond acceptors (Lipinski definition) is 5. The van der Waals surface area contributed by atoms with Crippen molar-refractivity contribution in [3.05, 3.63) is 16.6 Å². The van der Waals surface area contributed by atoms with Crippen molar-refractivity contribution in [3.8, 4) is 0 Å². The summed E-state index contributed by atoms with van der Waals surface area (Å²) in [4.78, 5) is 19.1. The van der Waals surface area contributed by atoms with Gasteiger partial charge in [-0.25, -0.2) is 9.97 Å². The number of aromatic nitrogens is 2. The zero-order chi connectivity index (χ0) is 12.8. The summed E-state index contributed by atoms with van der Waals surface area (Å²) in [6.07, 6.45) is 1.59. The van der Waals surface area contributed by atoms with Crippen LogP contribution in [0.3, 0.4) is 0 Å². The first-order valence-electron chi connectivity index (χ1n) is 4.77. The summed E-state index contributed by atoms with van der Waals surface area (Å²) in [6.45, 7) is 0.390. The second kappa shape index (κ2) is 6.70. The van der Waals surface area contributed by atoms with Crippen LogP contribution in [0.15, 0.2) is 6.33 Å². The van der Waals surface area contributed by atoms with Gasteiger partial charge in [0, 0.05) is 13.7 Å². The van der Waals surface area contributed by atoms with Crippen molar-refractivity contribution in [2.45, 2.75) is 12.5 Å². The van der Waals surface area contributed by atoms with Crippen molar-refractivity contribution in [3.63, 3.8) is 0 Å². The first kappa shape index (κ1) is 14.1. The SMILES string of the molecule is COCCC(N)C(=O)Nc1c(Cl)ncnc1Cl. The van der Waals surface area contributed by atoms with E-state index >= 15 is 0 Å². The first-order valence-corrected chi connectivity index (χ1v) is 5.53. The van der Waals surface area contributed by atoms with Crippen molar-refractivity contribution >= 4 is 34.8 Å². The van der Waals surface area contributed by atoms with Gasteiger partial charge in [0.2, 0.25) is 5.91 Å². The van der Waals surface area contributed by atoms with Gasteiger partial charge < -0.3 is 15.8 Å². The number of carbonyl (C=O) groups excluding carboxylic acids is 1. The highest BCUT2D eigenvalue weighted by Crippen LogP contribution is 2.25. The Morgan fingerprint density at radius 1 is 1.53 bits per heavy atom. The summed E-state index contributed by atoms with van der Waals surface area (Å²) in [5.74, 6) is -0.416. The van der Waals surface area contributed by atoms with Gasteiger partial charge >= 0.3 is 0 Å². The molecule has 0 aromatic carbocycles. The summed E-state index contributed by atoms with van der Waals surface area (Å²) >= 11 is 11.5. The molecule has 0 fully saturated rings. The molecule has 0 radical (unpaired) electrons. The highest BCUT2D eigenvalue weighted by molar-refractivity contribution is 6.38. The topological polar surface area (TPSA) is 90.1 Å². The zero-order valence-electron chi connectivity index (χ0n) is 9.11. The van der Waals surface area contributed by atoms with Gasteiger partial charge in [-0.05, 0) is 6.42 Å². The molecule has 1 heterocycles. The Bertz CT molecular complexity index is 382. The van der Waals surface area contributed by atoms with E-state index in [2.05, 4.69) is 15.3 Å². The molecular weight excluding hydrogens is 267 g/mol. The lowest BCUT2D eigenvalue weighted by Gasteiger charge is -2.12. The molecule has 94 valence electrons. The summed E-state index contributed by atoms with van der Waals surface area (Å²) in [5, 5.41) is 2.61. The van der Waals surface area contributed by atoms with Crippen molar-refractivity contribution in [2.75, 3.05) is 19.0 Å². The maximum atomic E-state index is 11.7. The van der Waals surface area contributed by atoms with Crippen molar-refractivity contribution in [2.24, 2.45) is 5.73 Å². The van der Waals surface area contributed by atoms with Gasteiger partial charge in [0.25, 0.3) is 0 Å². The Morgan fingerprint density at radius 2 is 2.12 bits per heavy atom. The fraction of sp³-hybridized carbons (Fsp3) is 0.444. The van der Waals surface area contributed by atoms with Gasteiger partial charge in [-0.15, -0.1) is 0 Å². The first-order chi connectivity index (χ1) is 8.06. The van der Waals surface area contributed by atoms with Crippen LogP contribution in [0.25, 0.3) is 0 Å². The van der Waals surface area contributed by atoms with Crippen LogP contribution in [0.5, 0.6) is 0 Å². The molecule has 0 aliphatic rings. The van der Waals surface area contributed by atoms with Crippen LogP contribution in [0.1, 0.15) is 6.42 Å². The number of amides is 1. The quantitative estimate of drug-likeness (QED) is 0.787. The van der Waals surface area contributed by atoms with Crippen molar-refractivity contribution in [1.29, 1.82) is 0 Å². The van der Waals surface area contributed by atoms with E-state index in [4.69, 9.17) is 33.7 Å². The maximum Gasteiger partial charge on any atom is 0.241 e. The molecule has 1 amide bonds. The molecule has 0 aliphatic heterocycles. The molecule has 0 spiro atoms. The van der Waals surface area contributed by atoms with Crippen molar-refractivity contribution < 1.29 is 9.53 Å². The van der Waals surface area contributed by atoms with Crippen LogP contribution in [-0.2, 0) is 9.53 Å². The average molecular weight is 279 g/mol. The van der Waals surface area contributed by atoms with Crippen LogP contribution in [0, 0.1) is 0 Å². The highest BCUT2D eigenvalue weighted by Gasteiger charge is 2.17. The van der Waals surface area contributed by atoms with Crippen LogP contribution in [0.4, 0.5) is 5.69 Å². The van der Waals surface area contributed by atoms with E-state index in [1.165, 1.54) is 13.4 Å². The lowest BCUT2D eigenvalue weighted by Crippen LogP contribution is -2.36. The van der Waals surface area contributed by atoms with Gasteiger partial charge in [-0.2, -0.15) is 0 Å². The standard InChI is InChI=1S/C9H12Cl2N4O2/c1-17-3-2-5(12)9(16)15-6-7(10)13-4-14-8(6)11/h4-5H,2-3,12H2,1H3,(H,15,16). The molecule has 0 saturated heterocycles. The number of carbonyl (C=O) groups is 1. The molecule has 0 saturated carbocycles. The van der Waals surface area contributed by atoms with E-state index in [1.807, 2.05) is 0 Å². The molecule has 1 atom stereocenters. The molecule has 1 aromatic rings. The number of halogens is 2. The lowest BCUT2D eigenvalue weighted by molar-refractivity contribution is -0.117. The van der Waals surface area contributed by atoms with Crippen LogP contribution < -0.4 is 11.1 Å². The predicted octanol–water partition coefficient (Wildman–Crippen LogP) is 1.09. The summed E-state index contributed by atoms with van der Waals surface area (Å²) in [6, 6.07) is -0.706. The van der Waals surface area contributed by atoms with E-state index in [1.54, 1.807) is 0 Å². The lowest BCUT2D eigenvalue weighted by atomic mass is 10.2. The molecule has 0 bridgehead atoms. The highest BCUT2D eigenvalue weighted by atomic mass is 35.5. The largest absolute Gasteiger partial charge is 0.385 e. The fourth-order valence-corrected chi connectivity index (χ4v) is 1.45. The minimum Gasteiger partial charge on any atom is -0.385 e. The minimum atomic E-state index is -0.706. The molecule has 1 aromatic heterocycles. The van der Waals surface area contributed by atoms with Crippen LogP contribution >= 0.6 is 23.2 Å². The zero-order valence-corrected chi connectivity index (χ0v) is 10.6. The number of anilines is 1. The third kappa shape index (κ3) is 4.08. The summed E-state index contributed by atoms with van der Waals surface area (Å²) in [5.41, 5.74) is 5.79. The minimum absolute atomic E-state index is 0.0669. The fourth-order valence-electron chi connectivity index (χ4n) is 1.04. The van der Waals surface area contributed by atoms with E-state index in [-0.39, 0.29) is 16.0 Å². The normalized spacial score (nSPS) is 12.2. The van der Waals surface area contributed by atoms with Gasteiger partial charge in [-0.3, -0.25) is 4.79 Å². The predicted molar refractivity (Wildman–Crippen MR) is 65.2 cm³/mol. The Kier molecular flexibility index (Phi) is 5.57. The Labute approximate surface area is 108 Å². The number of hydrogen-bond donors (Lipinski definition) is 2. The maximum absolute atomic E-state index is 11.7. The van der Waals surface area contributed by atoms with Gasteiger partial charge in [0.05, 0.1) is 6.04 Å². The summed E-state index contributed by atoms with van der Waals surface area (Å²) in [7, 11) is 1.53. The van der Waals surface area contributed by atoms with Crippen molar-refractivity contribution in [1.82, 2.24) is 9.97 Å². The molecule has 1 rings (SSSR count). The monoisotopic (exact) mass is 278 g/mol. The smallest absolute Gasteiger partial charge is 0.241 e. The third-order valence-corrected chi connectivity index (χ3v) is 2.55. The molecule has 17 heavy (non-hydrogen) atoms. The Balaban J connectivity index is 2.68. The van der Waals surface area contributed by atoms with E-state index in [0.29, 0.717) is 13.0 Å². The molecular formula is C9H12Cl2N4O2. The molecule has 0 aliphatic carbocycles. The number of rotatable bonds is 5.